The lowest BCUT2D eigenvalue weighted by Gasteiger charge is -2.15. The summed E-state index contributed by atoms with van der Waals surface area (Å²) in [7, 11) is 0. The van der Waals surface area contributed by atoms with Crippen LogP contribution in [0, 0.1) is 17.6 Å². The Hall–Kier alpha value is -1.20. The van der Waals surface area contributed by atoms with E-state index in [4.69, 9.17) is 11.6 Å². The van der Waals surface area contributed by atoms with Gasteiger partial charge in [0, 0.05) is 19.2 Å². The Morgan fingerprint density at radius 2 is 2.19 bits per heavy atom. The molecule has 2 heterocycles. The van der Waals surface area contributed by atoms with Gasteiger partial charge in [0.1, 0.15) is 17.2 Å². The number of benzene rings is 1. The lowest BCUT2D eigenvalue weighted by Crippen LogP contribution is -2.21. The van der Waals surface area contributed by atoms with Gasteiger partial charge in [-0.3, -0.25) is 0 Å². The molecule has 21 heavy (non-hydrogen) atoms. The predicted octanol–water partition coefficient (Wildman–Crippen LogP) is 3.40. The first-order valence-corrected chi connectivity index (χ1v) is 7.78. The Bertz CT molecular complexity index is 656. The Morgan fingerprint density at radius 1 is 1.38 bits per heavy atom. The van der Waals surface area contributed by atoms with Crippen LogP contribution in [0.1, 0.15) is 19.2 Å². The number of hydrogen-bond donors (Lipinski definition) is 0. The van der Waals surface area contributed by atoms with Crippen LogP contribution < -0.4 is 0 Å². The molecule has 0 saturated carbocycles. The number of nitrogens with zero attached hydrogens (tertiary/aromatic N) is 3. The van der Waals surface area contributed by atoms with Gasteiger partial charge in [0.05, 0.1) is 11.4 Å². The monoisotopic (exact) mass is 313 g/mol. The Kier molecular flexibility index (Phi) is 4.13. The maximum absolute atomic E-state index is 13.8. The summed E-state index contributed by atoms with van der Waals surface area (Å²) < 4.78 is 29.2. The Labute approximate surface area is 127 Å². The fraction of sp³-hybridized carbons (Fsp3) is 0.533. The number of fused-ring (bicyclic) bond motifs is 1. The molecule has 0 N–H and O–H groups in total. The number of aromatic nitrogens is 2. The van der Waals surface area contributed by atoms with Crippen LogP contribution in [0.2, 0.25) is 0 Å². The highest BCUT2D eigenvalue weighted by molar-refractivity contribution is 6.16. The summed E-state index contributed by atoms with van der Waals surface area (Å²) in [6.45, 7) is 5.97. The van der Waals surface area contributed by atoms with Crippen LogP contribution in [0.25, 0.3) is 11.0 Å². The van der Waals surface area contributed by atoms with Gasteiger partial charge >= 0.3 is 0 Å². The molecule has 2 aromatic rings. The molecule has 0 radical (unpaired) electrons. The molecule has 0 amide bonds. The average molecular weight is 314 g/mol. The molecule has 3 rings (SSSR count). The molecule has 1 atom stereocenters. The molecule has 1 aromatic carbocycles. The number of alkyl halides is 1. The summed E-state index contributed by atoms with van der Waals surface area (Å²) in [5, 5.41) is 0. The van der Waals surface area contributed by atoms with Crippen LogP contribution in [0.4, 0.5) is 8.78 Å². The van der Waals surface area contributed by atoms with Crippen LogP contribution in [0.3, 0.4) is 0 Å². The van der Waals surface area contributed by atoms with Crippen LogP contribution in [-0.2, 0) is 12.4 Å². The summed E-state index contributed by atoms with van der Waals surface area (Å²) in [4.78, 5) is 6.61. The minimum Gasteiger partial charge on any atom is -0.326 e. The second kappa shape index (κ2) is 5.89. The number of halogens is 3. The lowest BCUT2D eigenvalue weighted by atomic mass is 10.1. The first-order chi connectivity index (χ1) is 10.1. The standard InChI is InChI=1S/C15H18ClF2N3/c1-2-20-4-3-10(8-20)9-21-13-6-11(17)5-12(18)15(13)19-14(21)7-16/h5-6,10H,2-4,7-9H2,1H3. The van der Waals surface area contributed by atoms with E-state index in [2.05, 4.69) is 16.8 Å². The normalized spacial score (nSPS) is 19.7. The SMILES string of the molecule is CCN1CCC(Cn2c(CCl)nc3c(F)cc(F)cc32)C1. The molecular weight excluding hydrogens is 296 g/mol. The molecule has 1 fully saturated rings. The Balaban J connectivity index is 1.97. The van der Waals surface area contributed by atoms with E-state index in [-0.39, 0.29) is 11.4 Å². The third-order valence-corrected chi connectivity index (χ3v) is 4.47. The van der Waals surface area contributed by atoms with Gasteiger partial charge < -0.3 is 9.47 Å². The first kappa shape index (κ1) is 14.7. The zero-order valence-corrected chi connectivity index (χ0v) is 12.7. The van der Waals surface area contributed by atoms with E-state index in [0.29, 0.717) is 23.8 Å². The van der Waals surface area contributed by atoms with Gasteiger partial charge in [-0.05, 0) is 31.5 Å². The molecule has 1 aliphatic rings. The molecule has 114 valence electrons. The van der Waals surface area contributed by atoms with Crippen molar-refractivity contribution in [3.63, 3.8) is 0 Å². The first-order valence-electron chi connectivity index (χ1n) is 7.24. The van der Waals surface area contributed by atoms with Gasteiger partial charge in [-0.25, -0.2) is 13.8 Å². The van der Waals surface area contributed by atoms with Gasteiger partial charge in [-0.2, -0.15) is 0 Å². The molecule has 0 aliphatic carbocycles. The van der Waals surface area contributed by atoms with Gasteiger partial charge in [-0.15, -0.1) is 11.6 Å². The van der Waals surface area contributed by atoms with Crippen molar-refractivity contribution in [2.45, 2.75) is 25.8 Å². The second-order valence-electron chi connectivity index (χ2n) is 5.58. The highest BCUT2D eigenvalue weighted by Gasteiger charge is 2.24. The fourth-order valence-electron chi connectivity index (χ4n) is 3.11. The fourth-order valence-corrected chi connectivity index (χ4v) is 3.31. The second-order valence-corrected chi connectivity index (χ2v) is 5.84. The van der Waals surface area contributed by atoms with E-state index < -0.39 is 11.6 Å². The average Bonchev–Trinajstić information content (AvgIpc) is 3.04. The van der Waals surface area contributed by atoms with Gasteiger partial charge in [-0.1, -0.05) is 6.92 Å². The van der Waals surface area contributed by atoms with Crippen molar-refractivity contribution in [2.24, 2.45) is 5.92 Å². The third-order valence-electron chi connectivity index (χ3n) is 4.23. The number of imidazole rings is 1. The summed E-state index contributed by atoms with van der Waals surface area (Å²) in [5.41, 5.74) is 0.704. The van der Waals surface area contributed by atoms with Crippen molar-refractivity contribution in [2.75, 3.05) is 19.6 Å². The maximum Gasteiger partial charge on any atom is 0.153 e. The molecule has 1 saturated heterocycles. The van der Waals surface area contributed by atoms with Gasteiger partial charge in [0.2, 0.25) is 0 Å². The molecule has 6 heteroatoms. The highest BCUT2D eigenvalue weighted by atomic mass is 35.5. The van der Waals surface area contributed by atoms with Crippen LogP contribution >= 0.6 is 11.6 Å². The Morgan fingerprint density at radius 3 is 2.86 bits per heavy atom. The molecule has 3 nitrogen and oxygen atoms in total. The molecule has 1 aromatic heterocycles. The van der Waals surface area contributed by atoms with Crippen molar-refractivity contribution in [3.8, 4) is 0 Å². The zero-order chi connectivity index (χ0) is 15.0. The van der Waals surface area contributed by atoms with E-state index in [1.54, 1.807) is 0 Å². The van der Waals surface area contributed by atoms with Gasteiger partial charge in [0.25, 0.3) is 0 Å². The van der Waals surface area contributed by atoms with Crippen molar-refractivity contribution in [3.05, 3.63) is 29.6 Å². The predicted molar refractivity (Wildman–Crippen MR) is 79.4 cm³/mol. The van der Waals surface area contributed by atoms with Crippen molar-refractivity contribution in [1.29, 1.82) is 0 Å². The van der Waals surface area contributed by atoms with Crippen LogP contribution in [0.15, 0.2) is 12.1 Å². The quantitative estimate of drug-likeness (QED) is 0.807. The maximum atomic E-state index is 13.8. The zero-order valence-electron chi connectivity index (χ0n) is 12.0. The van der Waals surface area contributed by atoms with Gasteiger partial charge in [0.15, 0.2) is 5.82 Å². The van der Waals surface area contributed by atoms with E-state index in [9.17, 15) is 8.78 Å². The largest absolute Gasteiger partial charge is 0.326 e. The minimum atomic E-state index is -0.628. The van der Waals surface area contributed by atoms with E-state index in [1.807, 2.05) is 4.57 Å². The van der Waals surface area contributed by atoms with Crippen molar-refractivity contribution < 1.29 is 8.78 Å². The summed E-state index contributed by atoms with van der Waals surface area (Å²) >= 11 is 5.93. The summed E-state index contributed by atoms with van der Waals surface area (Å²) in [5.74, 6) is 0.0577. The minimum absolute atomic E-state index is 0.194. The highest BCUT2D eigenvalue weighted by Crippen LogP contribution is 2.25. The molecule has 1 unspecified atom stereocenters. The summed E-state index contributed by atoms with van der Waals surface area (Å²) in [6, 6.07) is 2.21. The number of rotatable bonds is 4. The third kappa shape index (κ3) is 2.77. The lowest BCUT2D eigenvalue weighted by molar-refractivity contribution is 0.333. The van der Waals surface area contributed by atoms with E-state index >= 15 is 0 Å². The molecule has 0 bridgehead atoms. The van der Waals surface area contributed by atoms with E-state index in [1.165, 1.54) is 6.07 Å². The molecule has 0 spiro atoms. The molecule has 1 aliphatic heterocycles. The van der Waals surface area contributed by atoms with Crippen LogP contribution in [0.5, 0.6) is 0 Å². The topological polar surface area (TPSA) is 21.1 Å². The van der Waals surface area contributed by atoms with Crippen molar-refractivity contribution >= 4 is 22.6 Å². The van der Waals surface area contributed by atoms with Crippen LogP contribution in [-0.4, -0.2) is 34.1 Å². The number of likely N-dealkylation sites (tertiary alicyclic amines) is 1. The summed E-state index contributed by atoms with van der Waals surface area (Å²) in [6.07, 6.45) is 1.09. The smallest absolute Gasteiger partial charge is 0.153 e. The van der Waals surface area contributed by atoms with Crippen molar-refractivity contribution in [1.82, 2.24) is 14.5 Å². The van der Waals surface area contributed by atoms with E-state index in [0.717, 1.165) is 32.1 Å². The number of hydrogen-bond acceptors (Lipinski definition) is 2. The molecular formula is C15H18ClF2N3.